The van der Waals surface area contributed by atoms with Crippen LogP contribution >= 0.6 is 0 Å². The highest BCUT2D eigenvalue weighted by molar-refractivity contribution is 7.89. The molecule has 2 aromatic carbocycles. The molecular formula is C15H15F2NO3S. The molecule has 0 atom stereocenters. The summed E-state index contributed by atoms with van der Waals surface area (Å²) in [4.78, 5) is -0.0277. The number of hydrogen-bond acceptors (Lipinski definition) is 3. The molecule has 0 aromatic heterocycles. The van der Waals surface area contributed by atoms with Crippen LogP contribution in [0, 0.1) is 11.6 Å². The fourth-order valence-corrected chi connectivity index (χ4v) is 2.99. The van der Waals surface area contributed by atoms with Crippen LogP contribution in [0.2, 0.25) is 0 Å². The van der Waals surface area contributed by atoms with Gasteiger partial charge >= 0.3 is 0 Å². The molecule has 0 aliphatic heterocycles. The maximum absolute atomic E-state index is 13.2. The van der Waals surface area contributed by atoms with E-state index < -0.39 is 21.7 Å². The summed E-state index contributed by atoms with van der Waals surface area (Å²) in [6.45, 7) is 0.0690. The van der Waals surface area contributed by atoms with Crippen LogP contribution in [0.25, 0.3) is 0 Å². The van der Waals surface area contributed by atoms with E-state index in [1.54, 1.807) is 0 Å². The molecular weight excluding hydrogens is 312 g/mol. The summed E-state index contributed by atoms with van der Waals surface area (Å²) in [5.41, 5.74) is 0.560. The van der Waals surface area contributed by atoms with E-state index in [-0.39, 0.29) is 17.9 Å². The Morgan fingerprint density at radius 2 is 1.68 bits per heavy atom. The summed E-state index contributed by atoms with van der Waals surface area (Å²) < 4.78 is 57.5. The number of rotatable bonds is 6. The first-order valence-corrected chi connectivity index (χ1v) is 7.98. The van der Waals surface area contributed by atoms with Crippen LogP contribution in [0.5, 0.6) is 5.75 Å². The topological polar surface area (TPSA) is 55.4 Å². The lowest BCUT2D eigenvalue weighted by molar-refractivity contribution is 0.408. The molecule has 0 amide bonds. The number of hydrogen-bond donors (Lipinski definition) is 1. The Kier molecular flexibility index (Phi) is 5.10. The Morgan fingerprint density at radius 1 is 1.05 bits per heavy atom. The smallest absolute Gasteiger partial charge is 0.240 e. The van der Waals surface area contributed by atoms with Gasteiger partial charge in [0.1, 0.15) is 17.4 Å². The first kappa shape index (κ1) is 16.4. The minimum absolute atomic E-state index is 0.0277. The largest absolute Gasteiger partial charge is 0.496 e. The Morgan fingerprint density at radius 3 is 2.32 bits per heavy atom. The van der Waals surface area contributed by atoms with Crippen LogP contribution in [-0.4, -0.2) is 22.1 Å². The van der Waals surface area contributed by atoms with Gasteiger partial charge in [-0.2, -0.15) is 0 Å². The van der Waals surface area contributed by atoms with Gasteiger partial charge < -0.3 is 4.74 Å². The van der Waals surface area contributed by atoms with Crippen molar-refractivity contribution in [2.75, 3.05) is 13.7 Å². The minimum Gasteiger partial charge on any atom is -0.496 e. The molecule has 7 heteroatoms. The van der Waals surface area contributed by atoms with Gasteiger partial charge in [-0.15, -0.1) is 0 Å². The third-order valence-electron chi connectivity index (χ3n) is 3.05. The van der Waals surface area contributed by atoms with Crippen molar-refractivity contribution in [1.29, 1.82) is 0 Å². The fraction of sp³-hybridized carbons (Fsp3) is 0.200. The van der Waals surface area contributed by atoms with E-state index in [0.29, 0.717) is 11.3 Å². The summed E-state index contributed by atoms with van der Waals surface area (Å²) in [6.07, 6.45) is 0.265. The summed E-state index contributed by atoms with van der Waals surface area (Å²) in [5.74, 6) is -0.442. The second kappa shape index (κ2) is 6.85. The summed E-state index contributed by atoms with van der Waals surface area (Å²) in [5, 5.41) is 0. The second-order valence-electron chi connectivity index (χ2n) is 4.56. The molecule has 0 fully saturated rings. The maximum Gasteiger partial charge on any atom is 0.240 e. The standard InChI is InChI=1S/C15H15F2NO3S/c1-21-15-7-4-13(17)10-11(15)8-9-18-22(19,20)14-5-2-12(16)3-6-14/h2-7,10,18H,8-9H2,1H3. The van der Waals surface area contributed by atoms with Gasteiger partial charge in [-0.25, -0.2) is 21.9 Å². The molecule has 0 unspecified atom stereocenters. The molecule has 0 heterocycles. The predicted molar refractivity (Wildman–Crippen MR) is 78.2 cm³/mol. The highest BCUT2D eigenvalue weighted by atomic mass is 32.2. The van der Waals surface area contributed by atoms with Gasteiger partial charge in [-0.05, 0) is 54.4 Å². The third kappa shape index (κ3) is 4.02. The molecule has 22 heavy (non-hydrogen) atoms. The lowest BCUT2D eigenvalue weighted by atomic mass is 10.1. The molecule has 118 valence electrons. The van der Waals surface area contributed by atoms with Crippen molar-refractivity contribution < 1.29 is 21.9 Å². The number of benzene rings is 2. The van der Waals surface area contributed by atoms with E-state index in [2.05, 4.69) is 4.72 Å². The number of halogens is 2. The molecule has 0 bridgehead atoms. The van der Waals surface area contributed by atoms with Crippen molar-refractivity contribution in [3.63, 3.8) is 0 Å². The molecule has 2 aromatic rings. The molecule has 0 saturated heterocycles. The summed E-state index contributed by atoms with van der Waals surface area (Å²) in [7, 11) is -2.27. The van der Waals surface area contributed by atoms with E-state index in [1.165, 1.54) is 37.4 Å². The Balaban J connectivity index is 2.04. The lowest BCUT2D eigenvalue weighted by Crippen LogP contribution is -2.26. The van der Waals surface area contributed by atoms with Gasteiger partial charge in [0.25, 0.3) is 0 Å². The van der Waals surface area contributed by atoms with Crippen LogP contribution in [0.4, 0.5) is 8.78 Å². The Labute approximate surface area is 127 Å². The molecule has 4 nitrogen and oxygen atoms in total. The molecule has 0 saturated carbocycles. The van der Waals surface area contributed by atoms with Crippen molar-refractivity contribution in [2.24, 2.45) is 0 Å². The quantitative estimate of drug-likeness (QED) is 0.887. The van der Waals surface area contributed by atoms with Crippen LogP contribution < -0.4 is 9.46 Å². The molecule has 0 aliphatic carbocycles. The zero-order valence-electron chi connectivity index (χ0n) is 11.8. The van der Waals surface area contributed by atoms with E-state index >= 15 is 0 Å². The van der Waals surface area contributed by atoms with Gasteiger partial charge in [0.15, 0.2) is 0 Å². The van der Waals surface area contributed by atoms with Crippen molar-refractivity contribution in [3.05, 3.63) is 59.7 Å². The lowest BCUT2D eigenvalue weighted by Gasteiger charge is -2.10. The molecule has 0 aliphatic rings. The normalized spacial score (nSPS) is 11.4. The maximum atomic E-state index is 13.2. The highest BCUT2D eigenvalue weighted by Gasteiger charge is 2.14. The van der Waals surface area contributed by atoms with E-state index in [9.17, 15) is 17.2 Å². The summed E-state index contributed by atoms with van der Waals surface area (Å²) >= 11 is 0. The number of methoxy groups -OCH3 is 1. The van der Waals surface area contributed by atoms with E-state index in [1.807, 2.05) is 0 Å². The van der Waals surface area contributed by atoms with Crippen molar-refractivity contribution in [3.8, 4) is 5.75 Å². The van der Waals surface area contributed by atoms with Gasteiger partial charge in [-0.1, -0.05) is 0 Å². The fourth-order valence-electron chi connectivity index (χ4n) is 1.96. The Bertz CT molecular complexity index is 746. The third-order valence-corrected chi connectivity index (χ3v) is 4.53. The van der Waals surface area contributed by atoms with Crippen LogP contribution in [0.1, 0.15) is 5.56 Å². The second-order valence-corrected chi connectivity index (χ2v) is 6.32. The monoisotopic (exact) mass is 327 g/mol. The van der Waals surface area contributed by atoms with Gasteiger partial charge in [-0.3, -0.25) is 0 Å². The van der Waals surface area contributed by atoms with Gasteiger partial charge in [0, 0.05) is 6.54 Å². The molecule has 2 rings (SSSR count). The zero-order valence-corrected chi connectivity index (χ0v) is 12.7. The molecule has 0 spiro atoms. The number of nitrogens with one attached hydrogen (secondary N) is 1. The van der Waals surface area contributed by atoms with Crippen molar-refractivity contribution in [1.82, 2.24) is 4.72 Å². The Hall–Kier alpha value is -1.99. The zero-order chi connectivity index (χ0) is 16.2. The minimum atomic E-state index is -3.73. The predicted octanol–water partition coefficient (Wildman–Crippen LogP) is 2.49. The van der Waals surface area contributed by atoms with Crippen LogP contribution in [-0.2, 0) is 16.4 Å². The SMILES string of the molecule is COc1ccc(F)cc1CCNS(=O)(=O)c1ccc(F)cc1. The number of sulfonamides is 1. The summed E-state index contributed by atoms with van der Waals surface area (Å²) in [6, 6.07) is 8.56. The van der Waals surface area contributed by atoms with Crippen molar-refractivity contribution in [2.45, 2.75) is 11.3 Å². The van der Waals surface area contributed by atoms with Gasteiger partial charge in [0.2, 0.25) is 10.0 Å². The first-order chi connectivity index (χ1) is 10.4. The van der Waals surface area contributed by atoms with E-state index in [0.717, 1.165) is 12.1 Å². The molecule has 0 radical (unpaired) electrons. The van der Waals surface area contributed by atoms with Crippen molar-refractivity contribution >= 4 is 10.0 Å². The van der Waals surface area contributed by atoms with Gasteiger partial charge in [0.05, 0.1) is 12.0 Å². The highest BCUT2D eigenvalue weighted by Crippen LogP contribution is 2.19. The molecule has 1 N–H and O–H groups in total. The van der Waals surface area contributed by atoms with Crippen LogP contribution in [0.15, 0.2) is 47.4 Å². The van der Waals surface area contributed by atoms with E-state index in [4.69, 9.17) is 4.74 Å². The first-order valence-electron chi connectivity index (χ1n) is 6.50. The average Bonchev–Trinajstić information content (AvgIpc) is 2.48. The van der Waals surface area contributed by atoms with Crippen LogP contribution in [0.3, 0.4) is 0 Å². The number of ether oxygens (including phenoxy) is 1. The average molecular weight is 327 g/mol.